The molecule has 2 unspecified atom stereocenters. The van der Waals surface area contributed by atoms with E-state index in [1.165, 1.54) is 10.4 Å². The minimum atomic E-state index is -0.234. The number of aryl methyl sites for hydroxylation is 1. The number of nitrogens with one attached hydrogen (secondary N) is 1. The second-order valence-corrected chi connectivity index (χ2v) is 6.06. The largest absolute Gasteiger partial charge is 0.324 e. The van der Waals surface area contributed by atoms with E-state index in [0.717, 1.165) is 19.3 Å². The zero-order chi connectivity index (χ0) is 12.7. The predicted molar refractivity (Wildman–Crippen MR) is 69.4 cm³/mol. The van der Waals surface area contributed by atoms with Gasteiger partial charge in [-0.2, -0.15) is 0 Å². The summed E-state index contributed by atoms with van der Waals surface area (Å²) in [5.41, 5.74) is 1.28. The van der Waals surface area contributed by atoms with Gasteiger partial charge in [-0.25, -0.2) is 4.79 Å². The van der Waals surface area contributed by atoms with Gasteiger partial charge in [0.25, 0.3) is 0 Å². The summed E-state index contributed by atoms with van der Waals surface area (Å²) in [5.74, 6) is -0.274. The molecule has 18 heavy (non-hydrogen) atoms. The fourth-order valence-corrected chi connectivity index (χ4v) is 3.80. The highest BCUT2D eigenvalue weighted by atomic mass is 32.1. The number of hydrogen-bond acceptors (Lipinski definition) is 3. The van der Waals surface area contributed by atoms with E-state index in [1.54, 1.807) is 11.3 Å². The second kappa shape index (κ2) is 4.39. The van der Waals surface area contributed by atoms with Gasteiger partial charge in [0.15, 0.2) is 0 Å². The summed E-state index contributed by atoms with van der Waals surface area (Å²) in [7, 11) is 0. The number of carbonyl (C=O) groups excluding carboxylic acids is 2. The molecular weight excluding hydrogens is 248 g/mol. The maximum absolute atomic E-state index is 12.0. The van der Waals surface area contributed by atoms with E-state index in [1.807, 2.05) is 11.8 Å². The Bertz CT molecular complexity index is 497. The molecule has 0 aromatic carbocycles. The van der Waals surface area contributed by atoms with Crippen molar-refractivity contribution in [3.05, 3.63) is 21.9 Å². The molecule has 2 aliphatic rings. The van der Waals surface area contributed by atoms with Gasteiger partial charge in [0.2, 0.25) is 5.91 Å². The number of nitrogens with zero attached hydrogens (tertiary/aromatic N) is 1. The zero-order valence-corrected chi connectivity index (χ0v) is 11.1. The van der Waals surface area contributed by atoms with E-state index in [4.69, 9.17) is 0 Å². The molecule has 3 rings (SSSR count). The average Bonchev–Trinajstić information content (AvgIpc) is 2.82. The van der Waals surface area contributed by atoms with Crippen LogP contribution < -0.4 is 5.32 Å². The van der Waals surface area contributed by atoms with Crippen molar-refractivity contribution in [2.75, 3.05) is 6.54 Å². The molecule has 0 bridgehead atoms. The van der Waals surface area contributed by atoms with Crippen LogP contribution in [0, 0.1) is 5.92 Å². The first-order valence-electron chi connectivity index (χ1n) is 6.34. The Kier molecular flexibility index (Phi) is 2.86. The maximum atomic E-state index is 12.0. The first-order chi connectivity index (χ1) is 8.66. The van der Waals surface area contributed by atoms with E-state index in [9.17, 15) is 9.59 Å². The lowest BCUT2D eigenvalue weighted by molar-refractivity contribution is -0.125. The van der Waals surface area contributed by atoms with Gasteiger partial charge in [-0.3, -0.25) is 10.1 Å². The standard InChI is InChI=1S/C13H16N2O2S/c1-8-7-15(13(17)14-12(8)16)10-3-2-4-11-9(10)5-6-18-11/h5-6,8,10H,2-4,7H2,1H3,(H,14,16,17). The first kappa shape index (κ1) is 11.7. The lowest BCUT2D eigenvalue weighted by atomic mass is 9.91. The van der Waals surface area contributed by atoms with Crippen LogP contribution in [0.5, 0.6) is 0 Å². The van der Waals surface area contributed by atoms with E-state index in [-0.39, 0.29) is 23.9 Å². The van der Waals surface area contributed by atoms with Crippen LogP contribution in [0.15, 0.2) is 11.4 Å². The van der Waals surface area contributed by atoms with Crippen molar-refractivity contribution < 1.29 is 9.59 Å². The second-order valence-electron chi connectivity index (χ2n) is 5.05. The number of fused-ring (bicyclic) bond motifs is 1. The smallest absolute Gasteiger partial charge is 0.317 e. The molecule has 2 atom stereocenters. The zero-order valence-electron chi connectivity index (χ0n) is 10.3. The monoisotopic (exact) mass is 264 g/mol. The molecular formula is C13H16N2O2S. The highest BCUT2D eigenvalue weighted by molar-refractivity contribution is 7.10. The number of hydrogen-bond donors (Lipinski definition) is 1. The number of thiophene rings is 1. The SMILES string of the molecule is CC1CN(C2CCCc3sccc32)C(=O)NC1=O. The number of urea groups is 1. The van der Waals surface area contributed by atoms with Gasteiger partial charge >= 0.3 is 6.03 Å². The van der Waals surface area contributed by atoms with E-state index in [2.05, 4.69) is 16.8 Å². The fourth-order valence-electron chi connectivity index (χ4n) is 2.82. The highest BCUT2D eigenvalue weighted by Crippen LogP contribution is 2.38. The van der Waals surface area contributed by atoms with Gasteiger partial charge in [-0.15, -0.1) is 11.3 Å². The third kappa shape index (κ3) is 1.82. The minimum Gasteiger partial charge on any atom is -0.317 e. The molecule has 0 radical (unpaired) electrons. The van der Waals surface area contributed by atoms with E-state index >= 15 is 0 Å². The summed E-state index contributed by atoms with van der Waals surface area (Å²) >= 11 is 1.77. The molecule has 1 aliphatic carbocycles. The summed E-state index contributed by atoms with van der Waals surface area (Å²) in [4.78, 5) is 26.7. The van der Waals surface area contributed by atoms with Gasteiger partial charge in [0.05, 0.1) is 12.0 Å². The van der Waals surface area contributed by atoms with Crippen molar-refractivity contribution in [1.29, 1.82) is 0 Å². The van der Waals surface area contributed by atoms with Gasteiger partial charge in [0.1, 0.15) is 0 Å². The van der Waals surface area contributed by atoms with Gasteiger partial charge < -0.3 is 4.90 Å². The van der Waals surface area contributed by atoms with Crippen LogP contribution in [-0.2, 0) is 11.2 Å². The van der Waals surface area contributed by atoms with Crippen molar-refractivity contribution in [1.82, 2.24) is 10.2 Å². The highest BCUT2D eigenvalue weighted by Gasteiger charge is 2.36. The van der Waals surface area contributed by atoms with E-state index in [0.29, 0.717) is 6.54 Å². The third-order valence-corrected chi connectivity index (χ3v) is 4.80. The van der Waals surface area contributed by atoms with Crippen LogP contribution in [0.3, 0.4) is 0 Å². The molecule has 1 fully saturated rings. The van der Waals surface area contributed by atoms with Crippen molar-refractivity contribution in [3.63, 3.8) is 0 Å². The van der Waals surface area contributed by atoms with Crippen LogP contribution in [0.1, 0.15) is 36.2 Å². The number of rotatable bonds is 1. The third-order valence-electron chi connectivity index (χ3n) is 3.81. The molecule has 96 valence electrons. The molecule has 1 saturated heterocycles. The number of amides is 3. The predicted octanol–water partition coefficient (Wildman–Crippen LogP) is 2.31. The van der Waals surface area contributed by atoms with Gasteiger partial charge in [0, 0.05) is 11.4 Å². The minimum absolute atomic E-state index is 0.119. The molecule has 1 N–H and O–H groups in total. The number of imide groups is 1. The molecule has 4 nitrogen and oxygen atoms in total. The van der Waals surface area contributed by atoms with Crippen molar-refractivity contribution in [2.24, 2.45) is 5.92 Å². The van der Waals surface area contributed by atoms with Gasteiger partial charge in [-0.1, -0.05) is 6.92 Å². The lowest BCUT2D eigenvalue weighted by Gasteiger charge is -2.38. The Hall–Kier alpha value is -1.36. The van der Waals surface area contributed by atoms with Crippen LogP contribution in [-0.4, -0.2) is 23.4 Å². The Labute approximate surface area is 110 Å². The Morgan fingerprint density at radius 1 is 1.44 bits per heavy atom. The summed E-state index contributed by atoms with van der Waals surface area (Å²) in [6, 6.07) is 2.04. The summed E-state index contributed by atoms with van der Waals surface area (Å²) in [6.07, 6.45) is 3.23. The van der Waals surface area contributed by atoms with Crippen LogP contribution in [0.4, 0.5) is 4.79 Å². The summed E-state index contributed by atoms with van der Waals surface area (Å²) in [6.45, 7) is 2.40. The quantitative estimate of drug-likeness (QED) is 0.846. The summed E-state index contributed by atoms with van der Waals surface area (Å²) < 4.78 is 0. The molecule has 0 saturated carbocycles. The van der Waals surface area contributed by atoms with Crippen LogP contribution >= 0.6 is 11.3 Å². The molecule has 2 heterocycles. The van der Waals surface area contributed by atoms with Crippen molar-refractivity contribution in [3.8, 4) is 0 Å². The average molecular weight is 264 g/mol. The molecule has 1 aromatic heterocycles. The number of carbonyl (C=O) groups is 2. The van der Waals surface area contributed by atoms with Crippen LogP contribution in [0.2, 0.25) is 0 Å². The molecule has 3 amide bonds. The van der Waals surface area contributed by atoms with Crippen LogP contribution in [0.25, 0.3) is 0 Å². The van der Waals surface area contributed by atoms with E-state index < -0.39 is 0 Å². The summed E-state index contributed by atoms with van der Waals surface area (Å²) in [5, 5.41) is 4.55. The molecule has 1 aromatic rings. The molecule has 5 heteroatoms. The topological polar surface area (TPSA) is 49.4 Å². The van der Waals surface area contributed by atoms with Crippen molar-refractivity contribution >= 4 is 23.3 Å². The van der Waals surface area contributed by atoms with Crippen molar-refractivity contribution in [2.45, 2.75) is 32.2 Å². The molecule has 0 spiro atoms. The fraction of sp³-hybridized carbons (Fsp3) is 0.538. The Morgan fingerprint density at radius 3 is 3.11 bits per heavy atom. The Morgan fingerprint density at radius 2 is 2.28 bits per heavy atom. The first-order valence-corrected chi connectivity index (χ1v) is 7.22. The lowest BCUT2D eigenvalue weighted by Crippen LogP contribution is -2.54. The maximum Gasteiger partial charge on any atom is 0.324 e. The normalized spacial score (nSPS) is 27.9. The van der Waals surface area contributed by atoms with Gasteiger partial charge in [-0.05, 0) is 36.3 Å². The molecule has 1 aliphatic heterocycles. The Balaban J connectivity index is 1.88.